The fourth-order valence-corrected chi connectivity index (χ4v) is 3.52. The Hall–Kier alpha value is -2.96. The van der Waals surface area contributed by atoms with Crippen molar-refractivity contribution < 1.29 is 4.74 Å². The predicted molar refractivity (Wildman–Crippen MR) is 120 cm³/mol. The van der Waals surface area contributed by atoms with Gasteiger partial charge in [0.2, 0.25) is 0 Å². The summed E-state index contributed by atoms with van der Waals surface area (Å²) in [4.78, 5) is 11.0. The number of pyridine rings is 1. The van der Waals surface area contributed by atoms with E-state index in [1.54, 1.807) is 13.3 Å². The molecule has 1 saturated heterocycles. The molecule has 2 heterocycles. The third kappa shape index (κ3) is 6.27. The van der Waals surface area contributed by atoms with Gasteiger partial charge in [-0.05, 0) is 43.5 Å². The summed E-state index contributed by atoms with van der Waals surface area (Å²) in [5, 5.41) is 10.3. The molecule has 0 radical (unpaired) electrons. The minimum atomic E-state index is 0.372. The molecule has 0 saturated carbocycles. The number of nitrogens with one attached hydrogen (secondary N) is 3. The van der Waals surface area contributed by atoms with Gasteiger partial charge < -0.3 is 25.6 Å². The Morgan fingerprint density at radius 1 is 1.17 bits per heavy atom. The molecule has 7 nitrogen and oxygen atoms in total. The Kier molecular flexibility index (Phi) is 7.98. The van der Waals surface area contributed by atoms with Gasteiger partial charge in [-0.25, -0.2) is 4.98 Å². The van der Waals surface area contributed by atoms with E-state index in [-0.39, 0.29) is 0 Å². The number of methoxy groups -OCH3 is 1. The smallest absolute Gasteiger partial charge is 0.191 e. The molecule has 3 rings (SSSR count). The van der Waals surface area contributed by atoms with Crippen LogP contribution in [0.2, 0.25) is 0 Å². The summed E-state index contributed by atoms with van der Waals surface area (Å²) >= 11 is 0. The maximum atomic E-state index is 5.50. The second kappa shape index (κ2) is 11.1. The van der Waals surface area contributed by atoms with Gasteiger partial charge in [0.15, 0.2) is 5.96 Å². The van der Waals surface area contributed by atoms with E-state index >= 15 is 0 Å². The van der Waals surface area contributed by atoms with Crippen molar-refractivity contribution in [3.63, 3.8) is 0 Å². The molecule has 0 bridgehead atoms. The van der Waals surface area contributed by atoms with Crippen molar-refractivity contribution >= 4 is 17.5 Å². The SMILES string of the molecule is CN=C(NCCCCNc1ccccn1)NC1CCN(c2ccccc2OC)C1. The minimum absolute atomic E-state index is 0.372. The number of guanidine groups is 1. The van der Waals surface area contributed by atoms with E-state index in [9.17, 15) is 0 Å². The lowest BCUT2D eigenvalue weighted by molar-refractivity contribution is 0.415. The van der Waals surface area contributed by atoms with Gasteiger partial charge in [0.05, 0.1) is 12.8 Å². The number of nitrogens with zero attached hydrogens (tertiary/aromatic N) is 3. The summed E-state index contributed by atoms with van der Waals surface area (Å²) in [7, 11) is 3.55. The van der Waals surface area contributed by atoms with Crippen LogP contribution in [0, 0.1) is 0 Å². The molecule has 2 aromatic rings. The third-order valence-electron chi connectivity index (χ3n) is 5.05. The van der Waals surface area contributed by atoms with Crippen LogP contribution in [0.5, 0.6) is 5.75 Å². The number of unbranched alkanes of at least 4 members (excludes halogenated alkanes) is 1. The molecule has 1 unspecified atom stereocenters. The largest absolute Gasteiger partial charge is 0.495 e. The number of rotatable bonds is 9. The van der Waals surface area contributed by atoms with Crippen LogP contribution >= 0.6 is 0 Å². The van der Waals surface area contributed by atoms with Crippen molar-refractivity contribution in [3.05, 3.63) is 48.7 Å². The number of anilines is 2. The van der Waals surface area contributed by atoms with Gasteiger partial charge in [-0.15, -0.1) is 0 Å². The molecule has 0 aliphatic carbocycles. The Balaban J connectivity index is 1.35. The van der Waals surface area contributed by atoms with E-state index in [0.29, 0.717) is 6.04 Å². The molecule has 1 aliphatic rings. The first-order chi connectivity index (χ1) is 14.3. The van der Waals surface area contributed by atoms with Crippen LogP contribution in [0.3, 0.4) is 0 Å². The van der Waals surface area contributed by atoms with Crippen LogP contribution in [0.15, 0.2) is 53.7 Å². The first-order valence-corrected chi connectivity index (χ1v) is 10.3. The monoisotopic (exact) mass is 396 g/mol. The van der Waals surface area contributed by atoms with Crippen LogP contribution in [0.25, 0.3) is 0 Å². The first-order valence-electron chi connectivity index (χ1n) is 10.3. The highest BCUT2D eigenvalue weighted by Crippen LogP contribution is 2.30. The number of aromatic nitrogens is 1. The number of ether oxygens (including phenoxy) is 1. The number of benzene rings is 1. The molecule has 3 N–H and O–H groups in total. The number of hydrogen-bond donors (Lipinski definition) is 3. The minimum Gasteiger partial charge on any atom is -0.495 e. The van der Waals surface area contributed by atoms with Crippen molar-refractivity contribution in [2.45, 2.75) is 25.3 Å². The summed E-state index contributed by atoms with van der Waals surface area (Å²) in [5.74, 6) is 2.73. The van der Waals surface area contributed by atoms with Crippen molar-refractivity contribution in [1.82, 2.24) is 15.6 Å². The molecular formula is C22H32N6O. The zero-order chi connectivity index (χ0) is 20.3. The zero-order valence-electron chi connectivity index (χ0n) is 17.4. The van der Waals surface area contributed by atoms with E-state index < -0.39 is 0 Å². The van der Waals surface area contributed by atoms with Gasteiger partial charge in [0, 0.05) is 45.5 Å². The van der Waals surface area contributed by atoms with Crippen LogP contribution < -0.4 is 25.6 Å². The number of para-hydroxylation sites is 2. The summed E-state index contributed by atoms with van der Waals surface area (Å²) in [6.45, 7) is 3.76. The lowest BCUT2D eigenvalue weighted by atomic mass is 10.2. The van der Waals surface area contributed by atoms with Crippen molar-refractivity contribution in [3.8, 4) is 5.75 Å². The maximum absolute atomic E-state index is 5.50. The number of hydrogen-bond acceptors (Lipinski definition) is 5. The molecule has 1 aromatic carbocycles. The van der Waals surface area contributed by atoms with Crippen LogP contribution in [-0.2, 0) is 0 Å². The van der Waals surface area contributed by atoms with Crippen molar-refractivity contribution in [2.75, 3.05) is 50.6 Å². The van der Waals surface area contributed by atoms with E-state index in [0.717, 1.165) is 68.7 Å². The predicted octanol–water partition coefficient (Wildman–Crippen LogP) is 2.73. The first kappa shape index (κ1) is 20.8. The van der Waals surface area contributed by atoms with Gasteiger partial charge in [0.25, 0.3) is 0 Å². The third-order valence-corrected chi connectivity index (χ3v) is 5.05. The number of aliphatic imine (C=N–C) groups is 1. The van der Waals surface area contributed by atoms with Crippen molar-refractivity contribution in [1.29, 1.82) is 0 Å². The topological polar surface area (TPSA) is 73.8 Å². The molecule has 1 aromatic heterocycles. The highest BCUT2D eigenvalue weighted by Gasteiger charge is 2.25. The Bertz CT molecular complexity index is 767. The Morgan fingerprint density at radius 2 is 2.00 bits per heavy atom. The lowest BCUT2D eigenvalue weighted by Gasteiger charge is -2.22. The lowest BCUT2D eigenvalue weighted by Crippen LogP contribution is -2.44. The van der Waals surface area contributed by atoms with Crippen LogP contribution in [-0.4, -0.2) is 57.3 Å². The zero-order valence-corrected chi connectivity index (χ0v) is 17.4. The van der Waals surface area contributed by atoms with Gasteiger partial charge >= 0.3 is 0 Å². The highest BCUT2D eigenvalue weighted by molar-refractivity contribution is 5.80. The molecule has 29 heavy (non-hydrogen) atoms. The average molecular weight is 397 g/mol. The molecule has 1 fully saturated rings. The second-order valence-corrected chi connectivity index (χ2v) is 7.10. The molecule has 156 valence electrons. The van der Waals surface area contributed by atoms with Gasteiger partial charge in [-0.1, -0.05) is 18.2 Å². The summed E-state index contributed by atoms with van der Waals surface area (Å²) in [5.41, 5.74) is 1.16. The van der Waals surface area contributed by atoms with Crippen molar-refractivity contribution in [2.24, 2.45) is 4.99 Å². The Labute approximate surface area is 173 Å². The fraction of sp³-hybridized carbons (Fsp3) is 0.455. The molecular weight excluding hydrogens is 364 g/mol. The molecule has 0 spiro atoms. The van der Waals surface area contributed by atoms with Crippen LogP contribution in [0.4, 0.5) is 11.5 Å². The van der Waals surface area contributed by atoms with Gasteiger partial charge in [-0.2, -0.15) is 0 Å². The quantitative estimate of drug-likeness (QED) is 0.344. The van der Waals surface area contributed by atoms with E-state index in [1.165, 1.54) is 0 Å². The highest BCUT2D eigenvalue weighted by atomic mass is 16.5. The second-order valence-electron chi connectivity index (χ2n) is 7.10. The summed E-state index contributed by atoms with van der Waals surface area (Å²) < 4.78 is 5.50. The Morgan fingerprint density at radius 3 is 2.79 bits per heavy atom. The summed E-state index contributed by atoms with van der Waals surface area (Å²) in [6, 6.07) is 14.5. The molecule has 1 aliphatic heterocycles. The van der Waals surface area contributed by atoms with Gasteiger partial charge in [0.1, 0.15) is 11.6 Å². The maximum Gasteiger partial charge on any atom is 0.191 e. The van der Waals surface area contributed by atoms with Crippen LogP contribution in [0.1, 0.15) is 19.3 Å². The summed E-state index contributed by atoms with van der Waals surface area (Å²) in [6.07, 6.45) is 5.02. The molecule has 7 heteroatoms. The average Bonchev–Trinajstić information content (AvgIpc) is 3.24. The molecule has 0 amide bonds. The fourth-order valence-electron chi connectivity index (χ4n) is 3.52. The normalized spacial score (nSPS) is 16.6. The standard InChI is InChI=1S/C22H32N6O/c1-23-22(26-15-8-7-14-25-21-11-5-6-13-24-21)27-18-12-16-28(17-18)19-9-3-4-10-20(19)29-2/h3-6,9-11,13,18H,7-8,12,14-17H2,1-2H3,(H,24,25)(H2,23,26,27). The van der Waals surface area contributed by atoms with E-state index in [1.807, 2.05) is 37.4 Å². The molecule has 1 atom stereocenters. The van der Waals surface area contributed by atoms with E-state index in [2.05, 4.69) is 43.0 Å². The van der Waals surface area contributed by atoms with E-state index in [4.69, 9.17) is 4.74 Å². The van der Waals surface area contributed by atoms with Gasteiger partial charge in [-0.3, -0.25) is 4.99 Å².